The number of aryl methyl sites for hydroxylation is 1. The largest absolute Gasteiger partial charge is 0.459 e. The molecule has 0 spiro atoms. The maximum absolute atomic E-state index is 12.2. The van der Waals surface area contributed by atoms with E-state index >= 15 is 0 Å². The van der Waals surface area contributed by atoms with Crippen molar-refractivity contribution in [3.8, 4) is 0 Å². The van der Waals surface area contributed by atoms with Crippen LogP contribution < -0.4 is 10.6 Å². The number of amides is 2. The van der Waals surface area contributed by atoms with Gasteiger partial charge in [0.05, 0.1) is 16.1 Å². The molecule has 3 aromatic rings. The topological polar surface area (TPSA) is 84.2 Å². The molecule has 0 saturated heterocycles. The zero-order valence-corrected chi connectivity index (χ0v) is 13.0. The summed E-state index contributed by atoms with van der Waals surface area (Å²) in [4.78, 5) is 28.6. The molecule has 116 valence electrons. The summed E-state index contributed by atoms with van der Waals surface area (Å²) in [7, 11) is 0. The van der Waals surface area contributed by atoms with Crippen molar-refractivity contribution in [1.82, 2.24) is 4.98 Å². The van der Waals surface area contributed by atoms with Gasteiger partial charge in [-0.1, -0.05) is 0 Å². The molecule has 7 heteroatoms. The molecule has 3 rings (SSSR count). The van der Waals surface area contributed by atoms with Crippen LogP contribution in [-0.4, -0.2) is 16.8 Å². The number of rotatable bonds is 4. The lowest BCUT2D eigenvalue weighted by molar-refractivity contribution is 0.0995. The Morgan fingerprint density at radius 1 is 1.13 bits per heavy atom. The Morgan fingerprint density at radius 2 is 2.00 bits per heavy atom. The van der Waals surface area contributed by atoms with Gasteiger partial charge >= 0.3 is 0 Å². The van der Waals surface area contributed by atoms with Gasteiger partial charge in [-0.05, 0) is 48.9 Å². The fourth-order valence-electron chi connectivity index (χ4n) is 1.89. The van der Waals surface area contributed by atoms with Gasteiger partial charge in [-0.2, -0.15) is 0 Å². The van der Waals surface area contributed by atoms with Crippen LogP contribution in [0.3, 0.4) is 0 Å². The first-order valence-electron chi connectivity index (χ1n) is 6.80. The molecule has 3 heterocycles. The van der Waals surface area contributed by atoms with Crippen LogP contribution in [0.2, 0.25) is 0 Å². The molecule has 2 amide bonds. The third kappa shape index (κ3) is 3.64. The molecule has 0 aliphatic rings. The molecule has 0 radical (unpaired) electrons. The Balaban J connectivity index is 1.66. The molecular formula is C16H13N3O3S. The third-order valence-corrected chi connectivity index (χ3v) is 3.97. The van der Waals surface area contributed by atoms with E-state index in [1.165, 1.54) is 17.6 Å². The smallest absolute Gasteiger partial charge is 0.291 e. The number of hydrogen-bond donors (Lipinski definition) is 2. The van der Waals surface area contributed by atoms with Gasteiger partial charge in [0, 0.05) is 6.20 Å². The average Bonchev–Trinajstić information content (AvgIpc) is 3.18. The number of nitrogens with one attached hydrogen (secondary N) is 2. The summed E-state index contributed by atoms with van der Waals surface area (Å²) in [6.45, 7) is 1.92. The van der Waals surface area contributed by atoms with E-state index in [-0.39, 0.29) is 17.6 Å². The van der Waals surface area contributed by atoms with E-state index in [1.54, 1.807) is 36.5 Å². The standard InChI is InChI=1S/C16H13N3O3S/c1-10-6-7-17-13(9-10)18-16(21)12-4-5-14(23-12)19-15(20)11-3-2-8-22-11/h2-9H,1H3,(H,19,20)(H,17,18,21). The second kappa shape index (κ2) is 6.45. The monoisotopic (exact) mass is 327 g/mol. The molecule has 0 bridgehead atoms. The van der Waals surface area contributed by atoms with Gasteiger partial charge in [0.25, 0.3) is 11.8 Å². The highest BCUT2D eigenvalue weighted by Crippen LogP contribution is 2.23. The van der Waals surface area contributed by atoms with Crippen molar-refractivity contribution in [3.63, 3.8) is 0 Å². The van der Waals surface area contributed by atoms with E-state index in [1.807, 2.05) is 13.0 Å². The second-order valence-corrected chi connectivity index (χ2v) is 5.85. The van der Waals surface area contributed by atoms with Crippen molar-refractivity contribution in [2.75, 3.05) is 10.6 Å². The van der Waals surface area contributed by atoms with Crippen LogP contribution in [0.1, 0.15) is 25.8 Å². The van der Waals surface area contributed by atoms with Crippen molar-refractivity contribution in [2.45, 2.75) is 6.92 Å². The van der Waals surface area contributed by atoms with Crippen LogP contribution in [0.4, 0.5) is 10.8 Å². The first-order valence-corrected chi connectivity index (χ1v) is 7.62. The Kier molecular flexibility index (Phi) is 4.20. The summed E-state index contributed by atoms with van der Waals surface area (Å²) in [5, 5.41) is 5.97. The molecule has 0 atom stereocenters. The molecule has 23 heavy (non-hydrogen) atoms. The zero-order chi connectivity index (χ0) is 16.2. The lowest BCUT2D eigenvalue weighted by Crippen LogP contribution is -2.11. The van der Waals surface area contributed by atoms with Crippen molar-refractivity contribution in [3.05, 3.63) is 65.1 Å². The highest BCUT2D eigenvalue weighted by Gasteiger charge is 2.13. The summed E-state index contributed by atoms with van der Waals surface area (Å²) in [5.41, 5.74) is 1.01. The predicted octanol–water partition coefficient (Wildman–Crippen LogP) is 3.55. The Labute approximate surface area is 136 Å². The van der Waals surface area contributed by atoms with E-state index < -0.39 is 0 Å². The van der Waals surface area contributed by atoms with Crippen LogP contribution in [-0.2, 0) is 0 Å². The third-order valence-electron chi connectivity index (χ3n) is 2.97. The minimum absolute atomic E-state index is 0.216. The van der Waals surface area contributed by atoms with Crippen LogP contribution in [0, 0.1) is 6.92 Å². The van der Waals surface area contributed by atoms with E-state index in [2.05, 4.69) is 15.6 Å². The number of aromatic nitrogens is 1. The van der Waals surface area contributed by atoms with Crippen molar-refractivity contribution in [1.29, 1.82) is 0 Å². The summed E-state index contributed by atoms with van der Waals surface area (Å²) < 4.78 is 5.02. The average molecular weight is 327 g/mol. The Hall–Kier alpha value is -2.93. The van der Waals surface area contributed by atoms with Crippen LogP contribution in [0.5, 0.6) is 0 Å². The van der Waals surface area contributed by atoms with Gasteiger partial charge in [0.2, 0.25) is 0 Å². The quantitative estimate of drug-likeness (QED) is 0.767. The zero-order valence-electron chi connectivity index (χ0n) is 12.2. The number of carbonyl (C=O) groups excluding carboxylic acids is 2. The lowest BCUT2D eigenvalue weighted by atomic mass is 10.3. The first-order chi connectivity index (χ1) is 11.1. The van der Waals surface area contributed by atoms with Crippen LogP contribution in [0.25, 0.3) is 0 Å². The van der Waals surface area contributed by atoms with Gasteiger partial charge in [0.1, 0.15) is 5.82 Å². The normalized spacial score (nSPS) is 10.3. The van der Waals surface area contributed by atoms with Gasteiger partial charge in [-0.3, -0.25) is 9.59 Å². The molecule has 0 unspecified atom stereocenters. The summed E-state index contributed by atoms with van der Waals surface area (Å²) in [5.74, 6) is 0.0775. The highest BCUT2D eigenvalue weighted by molar-refractivity contribution is 7.18. The maximum atomic E-state index is 12.2. The second-order valence-electron chi connectivity index (χ2n) is 4.77. The molecular weight excluding hydrogens is 314 g/mol. The maximum Gasteiger partial charge on any atom is 0.291 e. The summed E-state index contributed by atoms with van der Waals surface area (Å²) in [6.07, 6.45) is 3.06. The van der Waals surface area contributed by atoms with Crippen LogP contribution >= 0.6 is 11.3 Å². The number of furan rings is 1. The summed E-state index contributed by atoms with van der Waals surface area (Å²) >= 11 is 1.18. The Bertz CT molecular complexity index is 840. The molecule has 0 aromatic carbocycles. The molecule has 0 aliphatic carbocycles. The molecule has 0 aliphatic heterocycles. The molecule has 0 saturated carbocycles. The van der Waals surface area contributed by atoms with E-state index in [0.717, 1.165) is 5.56 Å². The number of nitrogens with zero attached hydrogens (tertiary/aromatic N) is 1. The fraction of sp³-hybridized carbons (Fsp3) is 0.0625. The van der Waals surface area contributed by atoms with E-state index in [0.29, 0.717) is 15.7 Å². The SMILES string of the molecule is Cc1ccnc(NC(=O)c2ccc(NC(=O)c3ccco3)s2)c1. The number of thiophene rings is 1. The van der Waals surface area contributed by atoms with Crippen molar-refractivity contribution >= 4 is 34.0 Å². The number of hydrogen-bond acceptors (Lipinski definition) is 5. The molecule has 6 nitrogen and oxygen atoms in total. The first kappa shape index (κ1) is 15.0. The minimum Gasteiger partial charge on any atom is -0.459 e. The fourth-order valence-corrected chi connectivity index (χ4v) is 2.69. The van der Waals surface area contributed by atoms with Gasteiger partial charge in [-0.25, -0.2) is 4.98 Å². The molecule has 0 fully saturated rings. The van der Waals surface area contributed by atoms with E-state index in [4.69, 9.17) is 4.42 Å². The summed E-state index contributed by atoms with van der Waals surface area (Å²) in [6, 6.07) is 10.2. The molecule has 2 N–H and O–H groups in total. The highest BCUT2D eigenvalue weighted by atomic mass is 32.1. The Morgan fingerprint density at radius 3 is 2.74 bits per heavy atom. The number of carbonyl (C=O) groups is 2. The van der Waals surface area contributed by atoms with Gasteiger partial charge < -0.3 is 15.1 Å². The molecule has 3 aromatic heterocycles. The number of anilines is 2. The lowest BCUT2D eigenvalue weighted by Gasteiger charge is -2.03. The van der Waals surface area contributed by atoms with Gasteiger partial charge in [0.15, 0.2) is 5.76 Å². The van der Waals surface area contributed by atoms with Crippen molar-refractivity contribution < 1.29 is 14.0 Å². The number of pyridine rings is 1. The van der Waals surface area contributed by atoms with E-state index in [9.17, 15) is 9.59 Å². The van der Waals surface area contributed by atoms with Crippen LogP contribution in [0.15, 0.2) is 53.3 Å². The van der Waals surface area contributed by atoms with Crippen molar-refractivity contribution in [2.24, 2.45) is 0 Å². The minimum atomic E-state index is -0.357. The van der Waals surface area contributed by atoms with Gasteiger partial charge in [-0.15, -0.1) is 11.3 Å². The predicted molar refractivity (Wildman–Crippen MR) is 87.9 cm³/mol.